The lowest BCUT2D eigenvalue weighted by Gasteiger charge is -1.97. The van der Waals surface area contributed by atoms with Crippen LogP contribution in [0.5, 0.6) is 0 Å². The van der Waals surface area contributed by atoms with Crippen LogP contribution in [0.15, 0.2) is 10.6 Å². The zero-order chi connectivity index (χ0) is 14.7. The number of carbonyl (C=O) groups excluding carboxylic acids is 2. The average Bonchev–Trinajstić information content (AvgIpc) is 2.96. The van der Waals surface area contributed by atoms with E-state index in [1.165, 1.54) is 6.07 Å². The molecule has 1 N–H and O–H groups in total. The molecule has 0 fully saturated rings. The van der Waals surface area contributed by atoms with Crippen molar-refractivity contribution in [3.63, 3.8) is 0 Å². The molecule has 0 atom stereocenters. The number of amides is 1. The predicted molar refractivity (Wildman–Crippen MR) is 72.0 cm³/mol. The van der Waals surface area contributed by atoms with Crippen molar-refractivity contribution in [2.45, 2.75) is 20.8 Å². The Bertz CT molecular complexity index is 647. The number of anilines is 1. The number of aryl methyl sites for hydroxylation is 2. The van der Waals surface area contributed by atoms with Crippen LogP contribution in [0.1, 0.15) is 38.5 Å². The van der Waals surface area contributed by atoms with Crippen molar-refractivity contribution in [3.05, 3.63) is 28.1 Å². The molecule has 0 spiro atoms. The van der Waals surface area contributed by atoms with Gasteiger partial charge < -0.3 is 9.26 Å². The summed E-state index contributed by atoms with van der Waals surface area (Å²) < 4.78 is 9.75. The number of thiazole rings is 1. The summed E-state index contributed by atoms with van der Waals surface area (Å²) in [5.41, 5.74) is 1.12. The molecular formula is C12H13N3O4S. The lowest BCUT2D eigenvalue weighted by atomic mass is 10.4. The fourth-order valence-corrected chi connectivity index (χ4v) is 2.32. The number of esters is 1. The van der Waals surface area contributed by atoms with E-state index in [1.54, 1.807) is 20.8 Å². The molecule has 8 heteroatoms. The second-order valence-electron chi connectivity index (χ2n) is 3.94. The lowest BCUT2D eigenvalue weighted by molar-refractivity contribution is 0.0531. The van der Waals surface area contributed by atoms with E-state index >= 15 is 0 Å². The number of rotatable bonds is 4. The second-order valence-corrected chi connectivity index (χ2v) is 4.94. The summed E-state index contributed by atoms with van der Waals surface area (Å²) in [6.07, 6.45) is 0. The molecule has 0 aliphatic carbocycles. The Balaban J connectivity index is 2.12. The number of carbonyl (C=O) groups is 2. The molecule has 2 aromatic heterocycles. The Morgan fingerprint density at radius 1 is 1.45 bits per heavy atom. The lowest BCUT2D eigenvalue weighted by Crippen LogP contribution is -2.10. The first-order valence-electron chi connectivity index (χ1n) is 5.90. The molecule has 2 aromatic rings. The van der Waals surface area contributed by atoms with Crippen LogP contribution in [0.3, 0.4) is 0 Å². The molecule has 1 amide bonds. The molecule has 2 rings (SSSR count). The van der Waals surface area contributed by atoms with E-state index in [2.05, 4.69) is 15.5 Å². The summed E-state index contributed by atoms with van der Waals surface area (Å²) >= 11 is 1.06. The highest BCUT2D eigenvalue weighted by atomic mass is 32.1. The van der Waals surface area contributed by atoms with Gasteiger partial charge >= 0.3 is 5.97 Å². The van der Waals surface area contributed by atoms with Gasteiger partial charge in [-0.2, -0.15) is 0 Å². The van der Waals surface area contributed by atoms with Crippen molar-refractivity contribution in [2.24, 2.45) is 0 Å². The smallest absolute Gasteiger partial charge is 0.350 e. The maximum atomic E-state index is 11.8. The average molecular weight is 295 g/mol. The molecule has 7 nitrogen and oxygen atoms in total. The first-order valence-corrected chi connectivity index (χ1v) is 6.72. The highest BCUT2D eigenvalue weighted by Gasteiger charge is 2.19. The van der Waals surface area contributed by atoms with E-state index in [0.29, 0.717) is 21.4 Å². The van der Waals surface area contributed by atoms with Crippen LogP contribution in [0.2, 0.25) is 0 Å². The maximum absolute atomic E-state index is 11.8. The van der Waals surface area contributed by atoms with Gasteiger partial charge in [0.15, 0.2) is 5.13 Å². The van der Waals surface area contributed by atoms with E-state index in [-0.39, 0.29) is 12.4 Å². The minimum Gasteiger partial charge on any atom is -0.462 e. The van der Waals surface area contributed by atoms with Gasteiger partial charge in [0.1, 0.15) is 4.88 Å². The van der Waals surface area contributed by atoms with Gasteiger partial charge in [-0.05, 0) is 20.8 Å². The van der Waals surface area contributed by atoms with Crippen molar-refractivity contribution in [1.29, 1.82) is 0 Å². The van der Waals surface area contributed by atoms with Crippen LogP contribution in [0.4, 0.5) is 5.13 Å². The van der Waals surface area contributed by atoms with E-state index in [0.717, 1.165) is 11.3 Å². The van der Waals surface area contributed by atoms with E-state index in [4.69, 9.17) is 9.26 Å². The summed E-state index contributed by atoms with van der Waals surface area (Å²) in [6.45, 7) is 5.40. The molecule has 2 heterocycles. The molecule has 0 radical (unpaired) electrons. The number of nitrogens with one attached hydrogen (secondary N) is 1. The van der Waals surface area contributed by atoms with Crippen LogP contribution in [-0.2, 0) is 4.74 Å². The number of hydrogen-bond donors (Lipinski definition) is 1. The van der Waals surface area contributed by atoms with Crippen molar-refractivity contribution in [3.8, 4) is 0 Å². The minimum atomic E-state index is -0.463. The Hall–Kier alpha value is -2.22. The number of hydrogen-bond acceptors (Lipinski definition) is 7. The minimum absolute atomic E-state index is 0.0908. The summed E-state index contributed by atoms with van der Waals surface area (Å²) in [5.74, 6) is -0.818. The molecule has 20 heavy (non-hydrogen) atoms. The molecule has 0 aromatic carbocycles. The third-order valence-electron chi connectivity index (χ3n) is 2.33. The quantitative estimate of drug-likeness (QED) is 0.869. The van der Waals surface area contributed by atoms with Crippen LogP contribution in [0.25, 0.3) is 0 Å². The normalized spacial score (nSPS) is 10.3. The third kappa shape index (κ3) is 3.02. The van der Waals surface area contributed by atoms with Crippen LogP contribution in [0, 0.1) is 13.8 Å². The zero-order valence-electron chi connectivity index (χ0n) is 11.2. The van der Waals surface area contributed by atoms with Crippen LogP contribution < -0.4 is 5.32 Å². The molecular weight excluding hydrogens is 282 g/mol. The van der Waals surface area contributed by atoms with E-state index in [1.807, 2.05) is 0 Å². The largest absolute Gasteiger partial charge is 0.462 e. The second kappa shape index (κ2) is 5.83. The van der Waals surface area contributed by atoms with Crippen molar-refractivity contribution < 1.29 is 18.8 Å². The Labute approximate surface area is 118 Å². The highest BCUT2D eigenvalue weighted by molar-refractivity contribution is 7.17. The summed E-state index contributed by atoms with van der Waals surface area (Å²) in [6, 6.07) is 1.52. The molecule has 0 aliphatic rings. The Morgan fingerprint density at radius 2 is 2.20 bits per heavy atom. The summed E-state index contributed by atoms with van der Waals surface area (Å²) in [4.78, 5) is 28.0. The SMILES string of the molecule is CCOC(=O)c1sc(NC(=O)c2cc(C)no2)nc1C. The Kier molecular flexibility index (Phi) is 4.14. The van der Waals surface area contributed by atoms with E-state index < -0.39 is 11.9 Å². The van der Waals surface area contributed by atoms with Gasteiger partial charge in [0.05, 0.1) is 18.0 Å². The molecule has 0 aliphatic heterocycles. The first kappa shape index (κ1) is 14.2. The monoisotopic (exact) mass is 295 g/mol. The maximum Gasteiger partial charge on any atom is 0.350 e. The molecule has 0 saturated carbocycles. The predicted octanol–water partition coefficient (Wildman–Crippen LogP) is 2.18. The van der Waals surface area contributed by atoms with Gasteiger partial charge in [-0.15, -0.1) is 0 Å². The highest BCUT2D eigenvalue weighted by Crippen LogP contribution is 2.24. The standard InChI is InChI=1S/C12H13N3O4S/c1-4-18-11(17)9-7(3)13-12(20-9)14-10(16)8-5-6(2)15-19-8/h5H,4H2,1-3H3,(H,13,14,16). The number of ether oxygens (including phenoxy) is 1. The van der Waals surface area contributed by atoms with Gasteiger partial charge in [0.2, 0.25) is 5.76 Å². The molecule has 0 saturated heterocycles. The number of aromatic nitrogens is 2. The molecule has 0 unspecified atom stereocenters. The zero-order valence-corrected chi connectivity index (χ0v) is 12.0. The Morgan fingerprint density at radius 3 is 2.80 bits per heavy atom. The van der Waals surface area contributed by atoms with Gasteiger partial charge in [-0.3, -0.25) is 10.1 Å². The van der Waals surface area contributed by atoms with Crippen molar-refractivity contribution >= 4 is 28.3 Å². The molecule has 0 bridgehead atoms. The van der Waals surface area contributed by atoms with Crippen LogP contribution in [-0.4, -0.2) is 28.6 Å². The van der Waals surface area contributed by atoms with Crippen LogP contribution >= 0.6 is 11.3 Å². The first-order chi connectivity index (χ1) is 9.51. The summed E-state index contributed by atoms with van der Waals surface area (Å²) in [7, 11) is 0. The van der Waals surface area contributed by atoms with E-state index in [9.17, 15) is 9.59 Å². The topological polar surface area (TPSA) is 94.3 Å². The van der Waals surface area contributed by atoms with Crippen molar-refractivity contribution in [2.75, 3.05) is 11.9 Å². The summed E-state index contributed by atoms with van der Waals surface area (Å²) in [5, 5.41) is 6.49. The fourth-order valence-electron chi connectivity index (χ4n) is 1.47. The number of nitrogens with zero attached hydrogens (tertiary/aromatic N) is 2. The van der Waals surface area contributed by atoms with Gasteiger partial charge in [-0.1, -0.05) is 16.5 Å². The van der Waals surface area contributed by atoms with Gasteiger partial charge in [0.25, 0.3) is 5.91 Å². The van der Waals surface area contributed by atoms with Gasteiger partial charge in [-0.25, -0.2) is 9.78 Å². The molecule has 106 valence electrons. The third-order valence-corrected chi connectivity index (χ3v) is 3.38. The van der Waals surface area contributed by atoms with Crippen molar-refractivity contribution in [1.82, 2.24) is 10.1 Å². The van der Waals surface area contributed by atoms with Gasteiger partial charge in [0, 0.05) is 6.07 Å². The fraction of sp³-hybridized carbons (Fsp3) is 0.333.